The molecule has 0 fully saturated rings. The van der Waals surface area contributed by atoms with Crippen LogP contribution in [0.25, 0.3) is 17.2 Å². The molecule has 8 heteroatoms. The number of alkyl carbamates (subject to hydrolysis) is 1. The van der Waals surface area contributed by atoms with Crippen LogP contribution < -0.4 is 16.0 Å². The van der Waals surface area contributed by atoms with Gasteiger partial charge in [-0.25, -0.2) is 4.79 Å². The van der Waals surface area contributed by atoms with Crippen molar-refractivity contribution in [2.75, 3.05) is 50.0 Å². The van der Waals surface area contributed by atoms with E-state index < -0.39 is 12.0 Å². The lowest BCUT2D eigenvalue weighted by Gasteiger charge is -2.20. The third kappa shape index (κ3) is 7.15. The summed E-state index contributed by atoms with van der Waals surface area (Å²) >= 11 is 0. The Bertz CT molecular complexity index is 1320. The fourth-order valence-corrected chi connectivity index (χ4v) is 4.96. The highest BCUT2D eigenvalue weighted by Gasteiger charge is 2.29. The first-order valence-corrected chi connectivity index (χ1v) is 13.6. The van der Waals surface area contributed by atoms with Gasteiger partial charge in [0, 0.05) is 19.0 Å². The van der Waals surface area contributed by atoms with E-state index in [0.29, 0.717) is 18.5 Å². The first-order chi connectivity index (χ1) is 19.5. The zero-order valence-corrected chi connectivity index (χ0v) is 23.0. The summed E-state index contributed by atoms with van der Waals surface area (Å²) < 4.78 is 5.53. The predicted octanol–water partition coefficient (Wildman–Crippen LogP) is 5.13. The van der Waals surface area contributed by atoms with Crippen molar-refractivity contribution in [3.63, 3.8) is 0 Å². The zero-order chi connectivity index (χ0) is 28.3. The van der Waals surface area contributed by atoms with Gasteiger partial charge >= 0.3 is 6.09 Å². The number of carbonyl (C=O) groups excluding carboxylic acids is 3. The van der Waals surface area contributed by atoms with Gasteiger partial charge in [0.1, 0.15) is 19.4 Å². The molecule has 1 aliphatic carbocycles. The minimum atomic E-state index is -0.655. The smallest absolute Gasteiger partial charge is 0.407 e. The van der Waals surface area contributed by atoms with Crippen molar-refractivity contribution < 1.29 is 19.1 Å². The van der Waals surface area contributed by atoms with Gasteiger partial charge in [0.25, 0.3) is 0 Å². The molecule has 40 heavy (non-hydrogen) atoms. The summed E-state index contributed by atoms with van der Waals surface area (Å²) in [6.07, 6.45) is 3.11. The average Bonchev–Trinajstić information content (AvgIpc) is 3.30. The van der Waals surface area contributed by atoms with Gasteiger partial charge < -0.3 is 25.6 Å². The standard InChI is InChI=1S/C32H36N4O4/c1-3-36(4-2)18-17-33-29-16-15-23(10-9-19-37)20-30(29)35-31(38)21-34-32(39)40-22-28-26-13-7-5-11-24(26)25-12-6-8-14-27(25)28/h5-16,19-20,28,33H,3-4,17-18,21-22H2,1-2H3,(H,34,39)(H,35,38)/b10-9+. The summed E-state index contributed by atoms with van der Waals surface area (Å²) in [6.45, 7) is 7.64. The van der Waals surface area contributed by atoms with Gasteiger partial charge in [-0.2, -0.15) is 0 Å². The van der Waals surface area contributed by atoms with Gasteiger partial charge in [0.2, 0.25) is 5.91 Å². The van der Waals surface area contributed by atoms with Crippen LogP contribution >= 0.6 is 0 Å². The summed E-state index contributed by atoms with van der Waals surface area (Å²) in [5.74, 6) is -0.448. The predicted molar refractivity (Wildman–Crippen MR) is 160 cm³/mol. The summed E-state index contributed by atoms with van der Waals surface area (Å²) in [4.78, 5) is 38.3. The van der Waals surface area contributed by atoms with Crippen LogP contribution in [0, 0.1) is 0 Å². The molecule has 208 valence electrons. The molecule has 0 aromatic heterocycles. The normalized spacial score (nSPS) is 12.2. The van der Waals surface area contributed by atoms with Crippen molar-refractivity contribution in [2.45, 2.75) is 19.8 Å². The molecule has 0 unspecified atom stereocenters. The van der Waals surface area contributed by atoms with Crippen LogP contribution in [0.2, 0.25) is 0 Å². The second-order valence-electron chi connectivity index (χ2n) is 9.48. The van der Waals surface area contributed by atoms with Gasteiger partial charge in [-0.3, -0.25) is 9.59 Å². The number of rotatable bonds is 13. The van der Waals surface area contributed by atoms with Crippen LogP contribution in [0.5, 0.6) is 0 Å². The summed E-state index contributed by atoms with van der Waals surface area (Å²) in [5.41, 5.74) is 6.63. The molecule has 0 radical (unpaired) electrons. The first kappa shape index (κ1) is 28.6. The number of allylic oxidation sites excluding steroid dienone is 1. The Morgan fingerprint density at radius 3 is 2.25 bits per heavy atom. The lowest BCUT2D eigenvalue weighted by atomic mass is 9.98. The number of nitrogens with one attached hydrogen (secondary N) is 3. The molecule has 8 nitrogen and oxygen atoms in total. The van der Waals surface area contributed by atoms with E-state index in [9.17, 15) is 14.4 Å². The molecule has 3 N–H and O–H groups in total. The number of benzene rings is 3. The molecule has 0 atom stereocenters. The lowest BCUT2D eigenvalue weighted by molar-refractivity contribution is -0.115. The highest BCUT2D eigenvalue weighted by Crippen LogP contribution is 2.44. The summed E-state index contributed by atoms with van der Waals surface area (Å²) in [6, 6.07) is 21.8. The van der Waals surface area contributed by atoms with Gasteiger partial charge in [-0.15, -0.1) is 0 Å². The van der Waals surface area contributed by atoms with Crippen molar-refractivity contribution in [1.82, 2.24) is 10.2 Å². The van der Waals surface area contributed by atoms with Crippen LogP contribution in [-0.4, -0.2) is 62.5 Å². The van der Waals surface area contributed by atoms with E-state index in [1.54, 1.807) is 12.1 Å². The number of amides is 2. The second-order valence-corrected chi connectivity index (χ2v) is 9.48. The Balaban J connectivity index is 1.33. The Morgan fingerprint density at radius 2 is 1.60 bits per heavy atom. The molecule has 3 aromatic rings. The van der Waals surface area contributed by atoms with Gasteiger partial charge in [-0.1, -0.05) is 74.5 Å². The zero-order valence-electron chi connectivity index (χ0n) is 23.0. The van der Waals surface area contributed by atoms with Crippen LogP contribution in [0.3, 0.4) is 0 Å². The third-order valence-electron chi connectivity index (χ3n) is 7.06. The fraction of sp³-hybridized carbons (Fsp3) is 0.281. The van der Waals surface area contributed by atoms with Gasteiger partial charge in [0.05, 0.1) is 11.4 Å². The first-order valence-electron chi connectivity index (χ1n) is 13.6. The van der Waals surface area contributed by atoms with Crippen molar-refractivity contribution >= 4 is 35.7 Å². The van der Waals surface area contributed by atoms with Crippen molar-refractivity contribution in [3.05, 3.63) is 89.5 Å². The molecule has 0 aliphatic heterocycles. The van der Waals surface area contributed by atoms with Crippen molar-refractivity contribution in [3.8, 4) is 11.1 Å². The number of likely N-dealkylation sites (N-methyl/N-ethyl adjacent to an activating group) is 1. The Labute approximate surface area is 235 Å². The average molecular weight is 541 g/mol. The Hall–Kier alpha value is -4.43. The number of aldehydes is 1. The SMILES string of the molecule is CCN(CC)CCNc1ccc(/C=C/C=O)cc1NC(=O)CNC(=O)OCC1c2ccccc2-c2ccccc21. The number of ether oxygens (including phenoxy) is 1. The lowest BCUT2D eigenvalue weighted by Crippen LogP contribution is -2.34. The highest BCUT2D eigenvalue weighted by atomic mass is 16.5. The number of hydrogen-bond acceptors (Lipinski definition) is 6. The van der Waals surface area contributed by atoms with Crippen molar-refractivity contribution in [2.24, 2.45) is 0 Å². The Morgan fingerprint density at radius 1 is 0.925 bits per heavy atom. The second kappa shape index (κ2) is 14.1. The van der Waals surface area contributed by atoms with E-state index in [1.807, 2.05) is 36.4 Å². The number of fused-ring (bicyclic) bond motifs is 3. The molecule has 0 spiro atoms. The summed E-state index contributed by atoms with van der Waals surface area (Å²) in [7, 11) is 0. The van der Waals surface area contributed by atoms with Crippen LogP contribution in [0.15, 0.2) is 72.8 Å². The molecular weight excluding hydrogens is 504 g/mol. The molecule has 2 amide bonds. The molecule has 0 saturated carbocycles. The molecule has 0 saturated heterocycles. The minimum Gasteiger partial charge on any atom is -0.449 e. The van der Waals surface area contributed by atoms with Crippen molar-refractivity contribution in [1.29, 1.82) is 0 Å². The van der Waals surface area contributed by atoms with Gasteiger partial charge in [-0.05, 0) is 59.1 Å². The number of anilines is 2. The van der Waals surface area contributed by atoms with Crippen LogP contribution in [-0.2, 0) is 14.3 Å². The molecule has 0 heterocycles. The number of nitrogens with zero attached hydrogens (tertiary/aromatic N) is 1. The van der Waals surface area contributed by atoms with Crippen LogP contribution in [0.1, 0.15) is 36.5 Å². The maximum absolute atomic E-state index is 12.8. The maximum Gasteiger partial charge on any atom is 0.407 e. The van der Waals surface area contributed by atoms with E-state index in [0.717, 1.165) is 53.1 Å². The Kier molecular flexibility index (Phi) is 10.1. The van der Waals surface area contributed by atoms with E-state index in [2.05, 4.69) is 59.0 Å². The quantitative estimate of drug-likeness (QED) is 0.205. The molecule has 1 aliphatic rings. The number of carbonyl (C=O) groups is 3. The van der Waals surface area contributed by atoms with E-state index in [-0.39, 0.29) is 19.1 Å². The molecular formula is C32H36N4O4. The molecule has 0 bridgehead atoms. The molecule has 4 rings (SSSR count). The highest BCUT2D eigenvalue weighted by molar-refractivity contribution is 5.97. The largest absolute Gasteiger partial charge is 0.449 e. The maximum atomic E-state index is 12.8. The van der Waals surface area contributed by atoms with Crippen LogP contribution in [0.4, 0.5) is 16.2 Å². The monoisotopic (exact) mass is 540 g/mol. The number of hydrogen-bond donors (Lipinski definition) is 3. The van der Waals surface area contributed by atoms with E-state index in [1.165, 1.54) is 6.08 Å². The minimum absolute atomic E-state index is 0.0564. The topological polar surface area (TPSA) is 99.8 Å². The van der Waals surface area contributed by atoms with E-state index in [4.69, 9.17) is 4.74 Å². The van der Waals surface area contributed by atoms with E-state index >= 15 is 0 Å². The fourth-order valence-electron chi connectivity index (χ4n) is 4.96. The third-order valence-corrected chi connectivity index (χ3v) is 7.06. The van der Waals surface area contributed by atoms with Gasteiger partial charge in [0.15, 0.2) is 0 Å². The molecule has 3 aromatic carbocycles. The summed E-state index contributed by atoms with van der Waals surface area (Å²) in [5, 5.41) is 8.79.